The number of fused-ring (bicyclic) bond motifs is 1. The van der Waals surface area contributed by atoms with E-state index in [1.807, 2.05) is 11.8 Å². The van der Waals surface area contributed by atoms with Gasteiger partial charge in [-0.25, -0.2) is 15.0 Å². The van der Waals surface area contributed by atoms with Crippen LogP contribution >= 0.6 is 11.3 Å². The monoisotopic (exact) mass is 412 g/mol. The molecule has 4 heterocycles. The first-order valence-corrected chi connectivity index (χ1v) is 10.7. The molecular weight excluding hydrogens is 388 g/mol. The van der Waals surface area contributed by atoms with Gasteiger partial charge in [0.25, 0.3) is 11.5 Å². The molecule has 0 unspecified atom stereocenters. The standard InChI is InChI=1S/C20H24N6O2S/c1-3-4-8-26-13-23-17-15(18(26)27)14(2)16(29-17)19(28)24-9-11-25(12-10-24)20-21-6-5-7-22-20/h5-7,13H,3-4,8-12H2,1-2H3. The van der Waals surface area contributed by atoms with Gasteiger partial charge in [0, 0.05) is 45.1 Å². The van der Waals surface area contributed by atoms with Crippen LogP contribution in [0.5, 0.6) is 0 Å². The van der Waals surface area contributed by atoms with Crippen LogP contribution in [-0.2, 0) is 6.54 Å². The van der Waals surface area contributed by atoms with Crippen molar-refractivity contribution >= 4 is 33.4 Å². The van der Waals surface area contributed by atoms with Gasteiger partial charge in [-0.1, -0.05) is 13.3 Å². The van der Waals surface area contributed by atoms with Gasteiger partial charge in [0.15, 0.2) is 0 Å². The number of nitrogens with zero attached hydrogens (tertiary/aromatic N) is 6. The molecule has 0 N–H and O–H groups in total. The molecule has 0 atom stereocenters. The van der Waals surface area contributed by atoms with Crippen molar-refractivity contribution in [2.75, 3.05) is 31.1 Å². The molecule has 0 aromatic carbocycles. The Morgan fingerprint density at radius 1 is 1.14 bits per heavy atom. The molecule has 0 spiro atoms. The van der Waals surface area contributed by atoms with Crippen molar-refractivity contribution in [3.63, 3.8) is 0 Å². The number of hydrogen-bond donors (Lipinski definition) is 0. The van der Waals surface area contributed by atoms with Crippen LogP contribution in [0, 0.1) is 6.92 Å². The smallest absolute Gasteiger partial charge is 0.264 e. The van der Waals surface area contributed by atoms with Crippen LogP contribution < -0.4 is 10.5 Å². The van der Waals surface area contributed by atoms with Crippen molar-refractivity contribution in [3.05, 3.63) is 45.6 Å². The maximum absolute atomic E-state index is 13.2. The quantitative estimate of drug-likeness (QED) is 0.639. The zero-order chi connectivity index (χ0) is 20.4. The van der Waals surface area contributed by atoms with E-state index in [0.29, 0.717) is 53.8 Å². The van der Waals surface area contributed by atoms with E-state index in [1.165, 1.54) is 11.3 Å². The maximum Gasteiger partial charge on any atom is 0.264 e. The number of unbranched alkanes of at least 4 members (excludes halogenated alkanes) is 1. The average molecular weight is 413 g/mol. The van der Waals surface area contributed by atoms with Crippen LogP contribution in [0.2, 0.25) is 0 Å². The molecule has 0 bridgehead atoms. The molecule has 3 aromatic heterocycles. The Hall–Kier alpha value is -2.81. The van der Waals surface area contributed by atoms with Crippen LogP contribution in [-0.4, -0.2) is 56.5 Å². The second kappa shape index (κ2) is 8.28. The number of piperazine rings is 1. The molecule has 3 aromatic rings. The molecule has 9 heteroatoms. The van der Waals surface area contributed by atoms with Crippen LogP contribution in [0.1, 0.15) is 35.0 Å². The highest BCUT2D eigenvalue weighted by Gasteiger charge is 2.27. The van der Waals surface area contributed by atoms with Crippen LogP contribution in [0.25, 0.3) is 10.2 Å². The summed E-state index contributed by atoms with van der Waals surface area (Å²) in [4.78, 5) is 44.2. The highest BCUT2D eigenvalue weighted by Crippen LogP contribution is 2.28. The Labute approximate surface area is 172 Å². The topological polar surface area (TPSA) is 84.2 Å². The minimum atomic E-state index is -0.0534. The summed E-state index contributed by atoms with van der Waals surface area (Å²) in [6.45, 7) is 7.16. The molecule has 0 aliphatic carbocycles. The van der Waals surface area contributed by atoms with E-state index in [4.69, 9.17) is 0 Å². The summed E-state index contributed by atoms with van der Waals surface area (Å²) in [5.74, 6) is 0.660. The van der Waals surface area contributed by atoms with Gasteiger partial charge in [0.05, 0.1) is 16.6 Å². The zero-order valence-electron chi connectivity index (χ0n) is 16.7. The molecule has 0 saturated carbocycles. The number of aromatic nitrogens is 4. The van der Waals surface area contributed by atoms with E-state index in [0.717, 1.165) is 18.4 Å². The van der Waals surface area contributed by atoms with Crippen molar-refractivity contribution < 1.29 is 4.79 Å². The maximum atomic E-state index is 13.2. The fraction of sp³-hybridized carbons (Fsp3) is 0.450. The Kier molecular flexibility index (Phi) is 5.57. The molecule has 4 rings (SSSR count). The minimum Gasteiger partial charge on any atom is -0.337 e. The molecule has 1 aliphatic heterocycles. The molecule has 152 valence electrons. The van der Waals surface area contributed by atoms with Crippen molar-refractivity contribution in [2.24, 2.45) is 0 Å². The van der Waals surface area contributed by atoms with Gasteiger partial charge in [-0.05, 0) is 25.0 Å². The number of thiophene rings is 1. The van der Waals surface area contributed by atoms with Gasteiger partial charge < -0.3 is 9.80 Å². The number of rotatable bonds is 5. The summed E-state index contributed by atoms with van der Waals surface area (Å²) in [5, 5.41) is 0.577. The van der Waals surface area contributed by atoms with Crippen molar-refractivity contribution in [3.8, 4) is 0 Å². The Morgan fingerprint density at radius 2 is 1.86 bits per heavy atom. The number of carbonyl (C=O) groups excluding carboxylic acids is 1. The Bertz CT molecular complexity index is 1070. The molecular formula is C20H24N6O2S. The van der Waals surface area contributed by atoms with Gasteiger partial charge in [-0.3, -0.25) is 14.2 Å². The lowest BCUT2D eigenvalue weighted by molar-refractivity contribution is 0.0750. The lowest BCUT2D eigenvalue weighted by Crippen LogP contribution is -2.49. The first-order chi connectivity index (χ1) is 14.1. The van der Waals surface area contributed by atoms with Gasteiger partial charge in [-0.2, -0.15) is 0 Å². The number of anilines is 1. The third-order valence-corrected chi connectivity index (χ3v) is 6.45. The largest absolute Gasteiger partial charge is 0.337 e. The first kappa shape index (κ1) is 19.5. The summed E-state index contributed by atoms with van der Waals surface area (Å²) >= 11 is 1.32. The SMILES string of the molecule is CCCCn1cnc2sc(C(=O)N3CCN(c4ncccn4)CC3)c(C)c2c1=O. The Morgan fingerprint density at radius 3 is 2.55 bits per heavy atom. The summed E-state index contributed by atoms with van der Waals surface area (Å²) in [6.07, 6.45) is 6.99. The molecule has 29 heavy (non-hydrogen) atoms. The van der Waals surface area contributed by atoms with Crippen molar-refractivity contribution in [1.29, 1.82) is 0 Å². The second-order valence-corrected chi connectivity index (χ2v) is 8.16. The summed E-state index contributed by atoms with van der Waals surface area (Å²) in [6, 6.07) is 1.79. The summed E-state index contributed by atoms with van der Waals surface area (Å²) < 4.78 is 1.65. The van der Waals surface area contributed by atoms with E-state index >= 15 is 0 Å². The fourth-order valence-corrected chi connectivity index (χ4v) is 4.67. The summed E-state index contributed by atoms with van der Waals surface area (Å²) in [7, 11) is 0. The highest BCUT2D eigenvalue weighted by atomic mass is 32.1. The molecule has 0 radical (unpaired) electrons. The predicted molar refractivity (Wildman–Crippen MR) is 114 cm³/mol. The predicted octanol–water partition coefficient (Wildman–Crippen LogP) is 2.32. The first-order valence-electron chi connectivity index (χ1n) is 9.90. The lowest BCUT2D eigenvalue weighted by atomic mass is 10.2. The molecule has 1 saturated heterocycles. The average Bonchev–Trinajstić information content (AvgIpc) is 3.10. The van der Waals surface area contributed by atoms with E-state index in [9.17, 15) is 9.59 Å². The third-order valence-electron chi connectivity index (χ3n) is 5.27. The number of aryl methyl sites for hydroxylation is 2. The third kappa shape index (κ3) is 3.74. The van der Waals surface area contributed by atoms with E-state index in [2.05, 4.69) is 26.8 Å². The number of amides is 1. The fourth-order valence-electron chi connectivity index (χ4n) is 3.56. The van der Waals surface area contributed by atoms with Gasteiger partial charge in [0.1, 0.15) is 4.83 Å². The highest BCUT2D eigenvalue weighted by molar-refractivity contribution is 7.20. The molecule has 8 nitrogen and oxygen atoms in total. The Balaban J connectivity index is 1.54. The van der Waals surface area contributed by atoms with E-state index in [-0.39, 0.29) is 11.5 Å². The number of carbonyl (C=O) groups is 1. The number of hydrogen-bond acceptors (Lipinski definition) is 7. The van der Waals surface area contributed by atoms with Gasteiger partial charge in [0.2, 0.25) is 5.95 Å². The molecule has 1 amide bonds. The second-order valence-electron chi connectivity index (χ2n) is 7.16. The van der Waals surface area contributed by atoms with Crippen molar-refractivity contribution in [1.82, 2.24) is 24.4 Å². The molecule has 1 aliphatic rings. The van der Waals surface area contributed by atoms with Gasteiger partial charge >= 0.3 is 0 Å². The van der Waals surface area contributed by atoms with E-state index < -0.39 is 0 Å². The normalized spacial score (nSPS) is 14.6. The van der Waals surface area contributed by atoms with Crippen LogP contribution in [0.4, 0.5) is 5.95 Å². The molecule has 1 fully saturated rings. The van der Waals surface area contributed by atoms with E-state index in [1.54, 1.807) is 29.4 Å². The van der Waals surface area contributed by atoms with Crippen molar-refractivity contribution in [2.45, 2.75) is 33.2 Å². The van der Waals surface area contributed by atoms with Crippen LogP contribution in [0.3, 0.4) is 0 Å². The minimum absolute atomic E-state index is 0.0290. The van der Waals surface area contributed by atoms with Crippen LogP contribution in [0.15, 0.2) is 29.6 Å². The lowest BCUT2D eigenvalue weighted by Gasteiger charge is -2.34. The van der Waals surface area contributed by atoms with Gasteiger partial charge in [-0.15, -0.1) is 11.3 Å². The summed E-state index contributed by atoms with van der Waals surface area (Å²) in [5.41, 5.74) is 0.689. The zero-order valence-corrected chi connectivity index (χ0v) is 17.5.